The highest BCUT2D eigenvalue weighted by Gasteiger charge is 2.49. The minimum Gasteiger partial charge on any atom is -0.481 e. The monoisotopic (exact) mass is 376 g/mol. The van der Waals surface area contributed by atoms with Gasteiger partial charge in [0.1, 0.15) is 5.41 Å². The van der Waals surface area contributed by atoms with Gasteiger partial charge in [0.25, 0.3) is 0 Å². The molecule has 2 heterocycles. The number of aliphatic hydroxyl groups excluding tert-OH is 1. The van der Waals surface area contributed by atoms with Gasteiger partial charge in [-0.05, 0) is 35.4 Å². The average molecular weight is 376 g/mol. The van der Waals surface area contributed by atoms with Crippen molar-refractivity contribution in [2.45, 2.75) is 25.5 Å². The van der Waals surface area contributed by atoms with Crippen molar-refractivity contribution in [3.8, 4) is 0 Å². The van der Waals surface area contributed by atoms with E-state index in [0.29, 0.717) is 32.5 Å². The summed E-state index contributed by atoms with van der Waals surface area (Å²) in [4.78, 5) is 18.6. The lowest BCUT2D eigenvalue weighted by Gasteiger charge is -2.43. The zero-order valence-corrected chi connectivity index (χ0v) is 15.7. The quantitative estimate of drug-likeness (QED) is 0.716. The molecule has 2 atom stereocenters. The molecule has 4 rings (SSSR count). The molecule has 2 N–H and O–H groups in total. The molecule has 1 aliphatic rings. The minimum absolute atomic E-state index is 0.319. The summed E-state index contributed by atoms with van der Waals surface area (Å²) in [5, 5.41) is 23.0. The van der Waals surface area contributed by atoms with Crippen LogP contribution in [0.1, 0.15) is 17.5 Å². The number of piperidine rings is 1. The Hall–Kier alpha value is -2.76. The third-order valence-corrected chi connectivity index (χ3v) is 5.82. The van der Waals surface area contributed by atoms with Crippen LogP contribution in [0.15, 0.2) is 67.0 Å². The molecular formula is C23H24N2O3. The van der Waals surface area contributed by atoms with Crippen molar-refractivity contribution in [3.05, 3.63) is 78.1 Å². The summed E-state index contributed by atoms with van der Waals surface area (Å²) in [6, 6.07) is 17.7. The second-order valence-electron chi connectivity index (χ2n) is 7.65. The summed E-state index contributed by atoms with van der Waals surface area (Å²) in [5.74, 6) is -0.935. The molecule has 5 heteroatoms. The lowest BCUT2D eigenvalue weighted by Crippen LogP contribution is -2.56. The van der Waals surface area contributed by atoms with Crippen LogP contribution in [-0.2, 0) is 17.8 Å². The number of hydrogen-bond donors (Lipinski definition) is 2. The largest absolute Gasteiger partial charge is 0.481 e. The third kappa shape index (κ3) is 3.51. The molecule has 28 heavy (non-hydrogen) atoms. The molecule has 0 radical (unpaired) electrons. The van der Waals surface area contributed by atoms with Crippen molar-refractivity contribution in [1.29, 1.82) is 0 Å². The van der Waals surface area contributed by atoms with E-state index in [1.54, 1.807) is 6.20 Å². The van der Waals surface area contributed by atoms with Gasteiger partial charge < -0.3 is 10.2 Å². The Bertz CT molecular complexity index is 971. The number of carbonyl (C=O) groups is 1. The fraction of sp³-hybridized carbons (Fsp3) is 0.304. The molecule has 0 spiro atoms. The number of benzene rings is 2. The summed E-state index contributed by atoms with van der Waals surface area (Å²) in [6.45, 7) is 1.64. The molecule has 0 saturated carbocycles. The first kappa shape index (κ1) is 18.6. The van der Waals surface area contributed by atoms with E-state index >= 15 is 0 Å². The number of fused-ring (bicyclic) bond motifs is 1. The van der Waals surface area contributed by atoms with E-state index in [0.717, 1.165) is 21.9 Å². The maximum Gasteiger partial charge on any atom is 0.313 e. The topological polar surface area (TPSA) is 73.7 Å². The lowest BCUT2D eigenvalue weighted by atomic mass is 9.72. The molecule has 1 fully saturated rings. The summed E-state index contributed by atoms with van der Waals surface area (Å²) in [5.41, 5.74) is 0.878. The molecule has 2 aromatic carbocycles. The van der Waals surface area contributed by atoms with E-state index < -0.39 is 17.5 Å². The molecule has 1 aromatic heterocycles. The van der Waals surface area contributed by atoms with Gasteiger partial charge >= 0.3 is 5.97 Å². The van der Waals surface area contributed by atoms with Crippen molar-refractivity contribution in [2.24, 2.45) is 5.41 Å². The number of hydrogen-bond acceptors (Lipinski definition) is 4. The molecule has 5 nitrogen and oxygen atoms in total. The Morgan fingerprint density at radius 3 is 2.75 bits per heavy atom. The van der Waals surface area contributed by atoms with E-state index in [1.807, 2.05) is 54.7 Å². The van der Waals surface area contributed by atoms with Crippen molar-refractivity contribution < 1.29 is 15.0 Å². The van der Waals surface area contributed by atoms with Crippen molar-refractivity contribution >= 4 is 16.7 Å². The van der Waals surface area contributed by atoms with Crippen molar-refractivity contribution in [3.63, 3.8) is 0 Å². The number of aromatic nitrogens is 1. The number of likely N-dealkylation sites (tertiary alicyclic amines) is 1. The van der Waals surface area contributed by atoms with Gasteiger partial charge in [0.2, 0.25) is 0 Å². The SMILES string of the molecule is O=C(O)[C@]1(Cc2ccccc2)CN(Cc2cccc3cnccc23)CC[C@@H]1O. The Morgan fingerprint density at radius 2 is 1.96 bits per heavy atom. The summed E-state index contributed by atoms with van der Waals surface area (Å²) >= 11 is 0. The molecule has 1 saturated heterocycles. The second kappa shape index (κ2) is 7.70. The van der Waals surface area contributed by atoms with Crippen LogP contribution in [0.5, 0.6) is 0 Å². The predicted molar refractivity (Wildman–Crippen MR) is 108 cm³/mol. The van der Waals surface area contributed by atoms with Gasteiger partial charge in [-0.15, -0.1) is 0 Å². The smallest absolute Gasteiger partial charge is 0.313 e. The van der Waals surface area contributed by atoms with Crippen molar-refractivity contribution in [1.82, 2.24) is 9.88 Å². The van der Waals surface area contributed by atoms with Crippen LogP contribution in [0.3, 0.4) is 0 Å². The van der Waals surface area contributed by atoms with Crippen LogP contribution in [0.4, 0.5) is 0 Å². The third-order valence-electron chi connectivity index (χ3n) is 5.82. The molecular weight excluding hydrogens is 352 g/mol. The number of rotatable bonds is 5. The van der Waals surface area contributed by atoms with E-state index in [1.165, 1.54) is 0 Å². The minimum atomic E-state index is -1.20. The predicted octanol–water partition coefficient (Wildman–Crippen LogP) is 3.12. The number of nitrogens with zero attached hydrogens (tertiary/aromatic N) is 2. The molecule has 0 bridgehead atoms. The number of pyridine rings is 1. The van der Waals surface area contributed by atoms with Crippen LogP contribution in [-0.4, -0.2) is 45.3 Å². The fourth-order valence-corrected chi connectivity index (χ4v) is 4.29. The first-order valence-corrected chi connectivity index (χ1v) is 9.58. The Morgan fingerprint density at radius 1 is 1.14 bits per heavy atom. The van der Waals surface area contributed by atoms with Crippen LogP contribution in [0, 0.1) is 5.41 Å². The van der Waals surface area contributed by atoms with Gasteiger partial charge in [-0.3, -0.25) is 14.7 Å². The van der Waals surface area contributed by atoms with Crippen LogP contribution in [0.2, 0.25) is 0 Å². The van der Waals surface area contributed by atoms with E-state index in [2.05, 4.69) is 16.0 Å². The number of aliphatic carboxylic acids is 1. The van der Waals surface area contributed by atoms with Gasteiger partial charge in [0.05, 0.1) is 6.10 Å². The van der Waals surface area contributed by atoms with Crippen LogP contribution < -0.4 is 0 Å². The Balaban J connectivity index is 1.62. The number of carboxylic acids is 1. The normalized spacial score (nSPS) is 23.0. The van der Waals surface area contributed by atoms with Gasteiger partial charge in [0.15, 0.2) is 0 Å². The first-order chi connectivity index (χ1) is 13.6. The van der Waals surface area contributed by atoms with Crippen molar-refractivity contribution in [2.75, 3.05) is 13.1 Å². The molecule has 0 aliphatic carbocycles. The summed E-state index contributed by atoms with van der Waals surface area (Å²) < 4.78 is 0. The maximum absolute atomic E-state index is 12.3. The number of carboxylic acid groups (broad SMARTS) is 1. The highest BCUT2D eigenvalue weighted by Crippen LogP contribution is 2.35. The molecule has 144 valence electrons. The van der Waals surface area contributed by atoms with Gasteiger partial charge in [-0.2, -0.15) is 0 Å². The number of aliphatic hydroxyl groups is 1. The van der Waals surface area contributed by atoms with Gasteiger partial charge in [0, 0.05) is 37.4 Å². The van der Waals surface area contributed by atoms with E-state index in [9.17, 15) is 15.0 Å². The lowest BCUT2D eigenvalue weighted by molar-refractivity contribution is -0.163. The molecule has 0 amide bonds. The zero-order chi connectivity index (χ0) is 19.6. The maximum atomic E-state index is 12.3. The van der Waals surface area contributed by atoms with Crippen LogP contribution in [0.25, 0.3) is 10.8 Å². The average Bonchev–Trinajstić information content (AvgIpc) is 2.71. The molecule has 1 aliphatic heterocycles. The van der Waals surface area contributed by atoms with Crippen LogP contribution >= 0.6 is 0 Å². The highest BCUT2D eigenvalue weighted by atomic mass is 16.4. The second-order valence-corrected chi connectivity index (χ2v) is 7.65. The van der Waals surface area contributed by atoms with Gasteiger partial charge in [-0.1, -0.05) is 48.5 Å². The highest BCUT2D eigenvalue weighted by molar-refractivity contribution is 5.84. The van der Waals surface area contributed by atoms with Gasteiger partial charge in [-0.25, -0.2) is 0 Å². The first-order valence-electron chi connectivity index (χ1n) is 9.58. The molecule has 0 unspecified atom stereocenters. The van der Waals surface area contributed by atoms with E-state index in [-0.39, 0.29) is 0 Å². The standard InChI is InChI=1S/C23H24N2O3/c26-21-10-12-25(15-19-8-4-7-18-14-24-11-9-20(18)19)16-23(21,22(27)28)13-17-5-2-1-3-6-17/h1-9,11,14,21,26H,10,12-13,15-16H2,(H,27,28)/t21-,23+/m0/s1. The summed E-state index contributed by atoms with van der Waals surface area (Å²) in [7, 11) is 0. The zero-order valence-electron chi connectivity index (χ0n) is 15.7. The summed E-state index contributed by atoms with van der Waals surface area (Å²) in [6.07, 6.45) is 3.53. The Kier molecular flexibility index (Phi) is 5.11. The molecule has 3 aromatic rings. The Labute approximate surface area is 164 Å². The fourth-order valence-electron chi connectivity index (χ4n) is 4.29. The van der Waals surface area contributed by atoms with E-state index in [4.69, 9.17) is 0 Å².